The first-order valence-electron chi connectivity index (χ1n) is 11.4. The first kappa shape index (κ1) is 19.2. The zero-order valence-electron chi connectivity index (χ0n) is 18.3. The quantitative estimate of drug-likeness (QED) is 0.398. The molecule has 2 N–H and O–H groups in total. The monoisotopic (exact) mass is 423 g/mol. The highest BCUT2D eigenvalue weighted by molar-refractivity contribution is 6.40. The second-order valence-electron chi connectivity index (χ2n) is 8.60. The molecule has 5 heterocycles. The van der Waals surface area contributed by atoms with Crippen LogP contribution in [0, 0.1) is 0 Å². The van der Waals surface area contributed by atoms with E-state index in [1.165, 1.54) is 29.9 Å². The molecule has 0 amide bonds. The standard InChI is InChI=1S/C24H25BN7/c1-2-5-19-16-30(28-27-19)23-13-11-21-24(17-6-8-18(26)9-7-17)20-10-12-22(29-14-3-4-15-29)31(20)25-32(21)23/h6-13,16,26H,2-5,14-15H2,1H3/p+1. The smallest absolute Gasteiger partial charge is 0.399 e. The van der Waals surface area contributed by atoms with E-state index in [-0.39, 0.29) is 0 Å². The van der Waals surface area contributed by atoms with Crippen molar-refractivity contribution in [3.05, 3.63) is 77.4 Å². The van der Waals surface area contributed by atoms with Crippen LogP contribution < -0.4 is 5.73 Å². The SMILES string of the molecule is CCCc1cn(-c2ccc3n2[B]N2C(=C3c3ccc(N)cc3)C=CC2=[N+]2CCCC2)nn1. The van der Waals surface area contributed by atoms with Crippen molar-refractivity contribution < 1.29 is 4.58 Å². The normalized spacial score (nSPS) is 17.2. The molecule has 3 aliphatic rings. The van der Waals surface area contributed by atoms with Gasteiger partial charge in [0.25, 0.3) is 5.84 Å². The largest absolute Gasteiger partial charge is 0.553 e. The van der Waals surface area contributed by atoms with Crippen molar-refractivity contribution in [1.82, 2.24) is 24.3 Å². The zero-order chi connectivity index (χ0) is 21.7. The van der Waals surface area contributed by atoms with Crippen molar-refractivity contribution in [3.8, 4) is 5.82 Å². The van der Waals surface area contributed by atoms with Gasteiger partial charge in [0.15, 0.2) is 0 Å². The number of benzene rings is 1. The molecule has 0 bridgehead atoms. The molecule has 1 radical (unpaired) electrons. The summed E-state index contributed by atoms with van der Waals surface area (Å²) in [7, 11) is 2.19. The van der Waals surface area contributed by atoms with E-state index in [1.807, 2.05) is 23.0 Å². The van der Waals surface area contributed by atoms with Crippen LogP contribution in [-0.2, 0) is 6.42 Å². The second-order valence-corrected chi connectivity index (χ2v) is 8.60. The third-order valence-corrected chi connectivity index (χ3v) is 6.45. The Bertz CT molecular complexity index is 1270. The molecule has 1 aromatic carbocycles. The van der Waals surface area contributed by atoms with E-state index in [9.17, 15) is 0 Å². The average molecular weight is 423 g/mol. The van der Waals surface area contributed by atoms with Gasteiger partial charge in [-0.3, -0.25) is 9.39 Å². The van der Waals surface area contributed by atoms with Crippen LogP contribution in [0.5, 0.6) is 0 Å². The van der Waals surface area contributed by atoms with E-state index in [4.69, 9.17) is 5.73 Å². The van der Waals surface area contributed by atoms with Crippen molar-refractivity contribution >= 4 is 24.6 Å². The van der Waals surface area contributed by atoms with Crippen LogP contribution >= 0.6 is 0 Å². The fourth-order valence-electron chi connectivity index (χ4n) is 4.89. The van der Waals surface area contributed by atoms with Crippen LogP contribution in [-0.4, -0.2) is 55.3 Å². The number of fused-ring (bicyclic) bond motifs is 2. The molecule has 8 heteroatoms. The van der Waals surface area contributed by atoms with Crippen molar-refractivity contribution in [2.75, 3.05) is 18.8 Å². The van der Waals surface area contributed by atoms with E-state index < -0.39 is 0 Å². The lowest BCUT2D eigenvalue weighted by Crippen LogP contribution is -2.42. The lowest BCUT2D eigenvalue weighted by Gasteiger charge is -2.26. The van der Waals surface area contributed by atoms with Crippen molar-refractivity contribution in [2.24, 2.45) is 0 Å². The van der Waals surface area contributed by atoms with Gasteiger partial charge in [-0.1, -0.05) is 30.7 Å². The van der Waals surface area contributed by atoms with Crippen LogP contribution in [0.25, 0.3) is 11.4 Å². The van der Waals surface area contributed by atoms with Crippen molar-refractivity contribution in [2.45, 2.75) is 32.6 Å². The number of allylic oxidation sites excluding steroid dienone is 1. The summed E-state index contributed by atoms with van der Waals surface area (Å²) in [5.41, 5.74) is 12.4. The Morgan fingerprint density at radius 3 is 2.66 bits per heavy atom. The van der Waals surface area contributed by atoms with Crippen molar-refractivity contribution in [3.63, 3.8) is 0 Å². The molecule has 0 aliphatic carbocycles. The number of rotatable bonds is 4. The maximum Gasteiger partial charge on any atom is 0.553 e. The van der Waals surface area contributed by atoms with Gasteiger partial charge in [0.1, 0.15) is 11.5 Å². The van der Waals surface area contributed by atoms with Crippen LogP contribution in [0.4, 0.5) is 5.69 Å². The molecule has 0 spiro atoms. The Morgan fingerprint density at radius 2 is 1.88 bits per heavy atom. The Labute approximate surface area is 188 Å². The molecule has 0 unspecified atom stereocenters. The number of aromatic nitrogens is 4. The molecule has 0 atom stereocenters. The number of amidine groups is 1. The van der Waals surface area contributed by atoms with Crippen molar-refractivity contribution in [1.29, 1.82) is 0 Å². The predicted octanol–water partition coefficient (Wildman–Crippen LogP) is 2.84. The maximum absolute atomic E-state index is 5.99. The van der Waals surface area contributed by atoms with Gasteiger partial charge >= 0.3 is 7.55 Å². The molecular weight excluding hydrogens is 397 g/mol. The number of hydrogen-bond acceptors (Lipinski definition) is 3. The molecular formula is C24H26BN7+. The highest BCUT2D eigenvalue weighted by atomic mass is 15.5. The van der Waals surface area contributed by atoms with Gasteiger partial charge in [-0.15, -0.1) is 5.10 Å². The first-order valence-corrected chi connectivity index (χ1v) is 11.4. The number of hydrogen-bond donors (Lipinski definition) is 1. The molecule has 2 aromatic heterocycles. The summed E-state index contributed by atoms with van der Waals surface area (Å²) in [6, 6.07) is 12.4. The molecule has 3 aliphatic heterocycles. The van der Waals surface area contributed by atoms with E-state index >= 15 is 0 Å². The van der Waals surface area contributed by atoms with Gasteiger partial charge in [0.2, 0.25) is 0 Å². The highest BCUT2D eigenvalue weighted by Gasteiger charge is 2.40. The maximum atomic E-state index is 5.99. The van der Waals surface area contributed by atoms with E-state index in [1.54, 1.807) is 0 Å². The van der Waals surface area contributed by atoms with E-state index in [2.05, 4.69) is 75.1 Å². The summed E-state index contributed by atoms with van der Waals surface area (Å²) in [6.45, 7) is 4.36. The van der Waals surface area contributed by atoms with Crippen LogP contribution in [0.1, 0.15) is 43.1 Å². The van der Waals surface area contributed by atoms with Gasteiger partial charge < -0.3 is 10.2 Å². The Morgan fingerprint density at radius 1 is 1.06 bits per heavy atom. The molecule has 1 fully saturated rings. The molecule has 159 valence electrons. The summed E-state index contributed by atoms with van der Waals surface area (Å²) < 4.78 is 6.59. The predicted molar refractivity (Wildman–Crippen MR) is 127 cm³/mol. The minimum atomic E-state index is 0.770. The average Bonchev–Trinajstić information content (AvgIpc) is 3.58. The zero-order valence-corrected chi connectivity index (χ0v) is 18.3. The van der Waals surface area contributed by atoms with Gasteiger partial charge in [0, 0.05) is 23.0 Å². The molecule has 7 nitrogen and oxygen atoms in total. The number of nitrogen functional groups attached to an aromatic ring is 1. The van der Waals surface area contributed by atoms with Gasteiger partial charge in [-0.25, -0.2) is 4.68 Å². The minimum Gasteiger partial charge on any atom is -0.399 e. The molecule has 0 saturated carbocycles. The van der Waals surface area contributed by atoms with E-state index in [0.29, 0.717) is 0 Å². The topological polar surface area (TPSA) is 67.9 Å². The molecule has 32 heavy (non-hydrogen) atoms. The lowest BCUT2D eigenvalue weighted by atomic mass is 9.91. The molecule has 1 saturated heterocycles. The van der Waals surface area contributed by atoms with E-state index in [0.717, 1.165) is 54.4 Å². The third-order valence-electron chi connectivity index (χ3n) is 6.45. The van der Waals surface area contributed by atoms with Crippen LogP contribution in [0.3, 0.4) is 0 Å². The minimum absolute atomic E-state index is 0.770. The first-order chi connectivity index (χ1) is 15.7. The fraction of sp³-hybridized carbons (Fsp3) is 0.292. The Hall–Kier alpha value is -3.55. The van der Waals surface area contributed by atoms with Crippen LogP contribution in [0.15, 0.2) is 60.4 Å². The number of nitrogens with two attached hydrogens (primary N) is 1. The Kier molecular flexibility index (Phi) is 4.52. The molecule has 3 aromatic rings. The summed E-state index contributed by atoms with van der Waals surface area (Å²) in [5.74, 6) is 2.22. The highest BCUT2D eigenvalue weighted by Crippen LogP contribution is 2.37. The fourth-order valence-corrected chi connectivity index (χ4v) is 4.89. The second kappa shape index (κ2) is 7.55. The summed E-state index contributed by atoms with van der Waals surface area (Å²) in [4.78, 5) is 2.32. The lowest BCUT2D eigenvalue weighted by molar-refractivity contribution is -0.508. The summed E-state index contributed by atoms with van der Waals surface area (Å²) in [5, 5.41) is 8.78. The Balaban J connectivity index is 1.52. The number of nitrogens with zero attached hydrogens (tertiary/aromatic N) is 6. The number of aryl methyl sites for hydroxylation is 1. The van der Waals surface area contributed by atoms with Gasteiger partial charge in [0.05, 0.1) is 25.0 Å². The summed E-state index contributed by atoms with van der Waals surface area (Å²) in [6.07, 6.45) is 11.0. The third kappa shape index (κ3) is 3.01. The van der Waals surface area contributed by atoms with Gasteiger partial charge in [-0.05, 0) is 55.2 Å². The van der Waals surface area contributed by atoms with Crippen LogP contribution in [0.2, 0.25) is 0 Å². The molecule has 6 rings (SSSR count). The van der Waals surface area contributed by atoms with Gasteiger partial charge in [-0.2, -0.15) is 0 Å². The number of anilines is 1. The summed E-state index contributed by atoms with van der Waals surface area (Å²) >= 11 is 0.